The maximum absolute atomic E-state index is 9.53. The molecule has 0 aromatic heterocycles. The van der Waals surface area contributed by atoms with E-state index in [9.17, 15) is 20.4 Å². The third kappa shape index (κ3) is 8.62. The van der Waals surface area contributed by atoms with Crippen molar-refractivity contribution < 1.29 is 40.1 Å². The molecule has 0 aliphatic heterocycles. The summed E-state index contributed by atoms with van der Waals surface area (Å²) in [6.07, 6.45) is 0. The number of hydrogen-bond acceptors (Lipinski definition) is 9. The van der Waals surface area contributed by atoms with Gasteiger partial charge in [0.05, 0.1) is 66.1 Å². The van der Waals surface area contributed by atoms with Crippen molar-refractivity contribution in [3.8, 4) is 0 Å². The van der Waals surface area contributed by atoms with E-state index in [1.807, 2.05) is 0 Å². The van der Waals surface area contributed by atoms with Crippen LogP contribution >= 0.6 is 11.8 Å². The van der Waals surface area contributed by atoms with E-state index in [0.717, 1.165) is 0 Å². The molecule has 0 aromatic rings. The van der Waals surface area contributed by atoms with E-state index in [2.05, 4.69) is 0 Å². The van der Waals surface area contributed by atoms with Crippen LogP contribution in [0.1, 0.15) is 0 Å². The summed E-state index contributed by atoms with van der Waals surface area (Å²) >= 11 is 1.36. The van der Waals surface area contributed by atoms with E-state index in [1.165, 1.54) is 11.8 Å². The normalized spacial score (nSPS) is 12.8. The van der Waals surface area contributed by atoms with Crippen LogP contribution in [0.2, 0.25) is 0 Å². The van der Waals surface area contributed by atoms with E-state index >= 15 is 0 Å². The Morgan fingerprint density at radius 1 is 0.609 bits per heavy atom. The number of aliphatic hydroxyl groups excluding tert-OH is 6. The van der Waals surface area contributed by atoms with Crippen LogP contribution in [0.15, 0.2) is 0 Å². The lowest BCUT2D eigenvalue weighted by atomic mass is 9.94. The van der Waals surface area contributed by atoms with E-state index in [1.54, 1.807) is 0 Å². The van der Waals surface area contributed by atoms with Crippen molar-refractivity contribution in [2.45, 2.75) is 0 Å². The smallest absolute Gasteiger partial charge is 0.0698 e. The van der Waals surface area contributed by atoms with Crippen LogP contribution in [0.25, 0.3) is 0 Å². The first kappa shape index (κ1) is 23.0. The molecule has 6 N–H and O–H groups in total. The minimum atomic E-state index is -0.859. The van der Waals surface area contributed by atoms with E-state index in [-0.39, 0.29) is 66.1 Å². The molecule has 0 bridgehead atoms. The summed E-state index contributed by atoms with van der Waals surface area (Å²) in [6.45, 7) is -0.970. The lowest BCUT2D eigenvalue weighted by Gasteiger charge is -2.33. The summed E-state index contributed by atoms with van der Waals surface area (Å²) < 4.78 is 10.4. The summed E-state index contributed by atoms with van der Waals surface area (Å²) in [5.41, 5.74) is -1.72. The fourth-order valence-electron chi connectivity index (χ4n) is 1.74. The quantitative estimate of drug-likeness (QED) is 0.168. The zero-order valence-electron chi connectivity index (χ0n) is 13.4. The van der Waals surface area contributed by atoms with Gasteiger partial charge in [-0.1, -0.05) is 0 Å². The highest BCUT2D eigenvalue weighted by Crippen LogP contribution is 2.29. The first-order valence-electron chi connectivity index (χ1n) is 7.46. The highest BCUT2D eigenvalue weighted by Gasteiger charge is 2.33. The second-order valence-electron chi connectivity index (χ2n) is 5.68. The summed E-state index contributed by atoms with van der Waals surface area (Å²) in [5, 5.41) is 55.5. The lowest BCUT2D eigenvalue weighted by molar-refractivity contribution is -0.0246. The minimum Gasteiger partial charge on any atom is -0.396 e. The van der Waals surface area contributed by atoms with Gasteiger partial charge >= 0.3 is 0 Å². The van der Waals surface area contributed by atoms with Crippen LogP contribution in [-0.4, -0.2) is 108 Å². The highest BCUT2D eigenvalue weighted by molar-refractivity contribution is 7.99. The van der Waals surface area contributed by atoms with Crippen molar-refractivity contribution in [1.82, 2.24) is 0 Å². The molecule has 8 nitrogen and oxygen atoms in total. The fraction of sp³-hybridized carbons (Fsp3) is 1.00. The predicted octanol–water partition coefficient (Wildman–Crippen LogP) is -2.32. The topological polar surface area (TPSA) is 140 Å². The Hall–Kier alpha value is 0.0300. The second kappa shape index (κ2) is 13.3. The Bertz CT molecular complexity index is 246. The Kier molecular flexibility index (Phi) is 13.4. The molecular weight excluding hydrogens is 328 g/mol. The van der Waals surface area contributed by atoms with Gasteiger partial charge < -0.3 is 40.1 Å². The SMILES string of the molecule is OCCOCC(CO)(CO)CSCC(CO)(CO)COCCO. The average Bonchev–Trinajstić information content (AvgIpc) is 2.59. The molecule has 0 atom stereocenters. The van der Waals surface area contributed by atoms with Crippen molar-refractivity contribution in [2.75, 3.05) is 77.6 Å². The molecule has 0 aliphatic carbocycles. The molecule has 0 radical (unpaired) electrons. The number of thioether (sulfide) groups is 1. The molecular formula is C14H30O8S. The molecule has 0 saturated heterocycles. The van der Waals surface area contributed by atoms with Gasteiger partial charge in [-0.05, 0) is 0 Å². The van der Waals surface area contributed by atoms with E-state index in [0.29, 0.717) is 11.5 Å². The maximum Gasteiger partial charge on any atom is 0.0698 e. The van der Waals surface area contributed by atoms with Crippen LogP contribution in [0.4, 0.5) is 0 Å². The molecule has 0 saturated carbocycles. The molecule has 23 heavy (non-hydrogen) atoms. The van der Waals surface area contributed by atoms with Crippen molar-refractivity contribution in [1.29, 1.82) is 0 Å². The third-order valence-electron chi connectivity index (χ3n) is 3.45. The standard InChI is InChI=1S/C14H30O8S/c15-1-3-21-9-13(5-17,6-18)11-23-12-14(7-19,8-20)10-22-4-2-16/h15-20H,1-12H2. The molecule has 0 aliphatic rings. The highest BCUT2D eigenvalue weighted by atomic mass is 32.2. The Morgan fingerprint density at radius 3 is 1.22 bits per heavy atom. The van der Waals surface area contributed by atoms with Crippen molar-refractivity contribution >= 4 is 11.8 Å². The molecule has 9 heteroatoms. The van der Waals surface area contributed by atoms with Gasteiger partial charge in [0.2, 0.25) is 0 Å². The predicted molar refractivity (Wildman–Crippen MR) is 86.3 cm³/mol. The first-order valence-corrected chi connectivity index (χ1v) is 8.61. The van der Waals surface area contributed by atoms with Gasteiger partial charge in [0.25, 0.3) is 0 Å². The maximum atomic E-state index is 9.53. The Balaban J connectivity index is 4.50. The number of aliphatic hydroxyl groups is 6. The molecule has 0 fully saturated rings. The van der Waals surface area contributed by atoms with Crippen LogP contribution < -0.4 is 0 Å². The van der Waals surface area contributed by atoms with Crippen molar-refractivity contribution in [3.63, 3.8) is 0 Å². The van der Waals surface area contributed by atoms with Gasteiger partial charge in [0.15, 0.2) is 0 Å². The first-order chi connectivity index (χ1) is 11.1. The second-order valence-corrected chi connectivity index (χ2v) is 6.66. The number of hydrogen-bond donors (Lipinski definition) is 6. The average molecular weight is 358 g/mol. The monoisotopic (exact) mass is 358 g/mol. The summed E-state index contributed by atoms with van der Waals surface area (Å²) in [5.74, 6) is 0.709. The van der Waals surface area contributed by atoms with Gasteiger partial charge in [-0.2, -0.15) is 11.8 Å². The molecule has 0 spiro atoms. The molecule has 0 heterocycles. The van der Waals surface area contributed by atoms with E-state index in [4.69, 9.17) is 19.7 Å². The molecule has 0 aromatic carbocycles. The third-order valence-corrected chi connectivity index (χ3v) is 5.08. The summed E-state index contributed by atoms with van der Waals surface area (Å²) in [6, 6.07) is 0. The molecule has 0 rings (SSSR count). The zero-order chi connectivity index (χ0) is 17.6. The molecule has 0 unspecified atom stereocenters. The van der Waals surface area contributed by atoms with Gasteiger partial charge in [-0.15, -0.1) is 0 Å². The summed E-state index contributed by atoms with van der Waals surface area (Å²) in [7, 11) is 0. The van der Waals surface area contributed by atoms with Crippen LogP contribution in [0.5, 0.6) is 0 Å². The number of ether oxygens (including phenoxy) is 2. The Labute approximate surface area is 141 Å². The Morgan fingerprint density at radius 2 is 0.957 bits per heavy atom. The van der Waals surface area contributed by atoms with Gasteiger partial charge in [0.1, 0.15) is 0 Å². The van der Waals surface area contributed by atoms with Crippen LogP contribution in [0.3, 0.4) is 0 Å². The van der Waals surface area contributed by atoms with Crippen LogP contribution in [0, 0.1) is 10.8 Å². The minimum absolute atomic E-state index is 0.0970. The fourth-order valence-corrected chi connectivity index (χ4v) is 3.24. The zero-order valence-corrected chi connectivity index (χ0v) is 14.2. The molecule has 0 amide bonds. The van der Waals surface area contributed by atoms with Gasteiger partial charge in [0, 0.05) is 22.3 Å². The van der Waals surface area contributed by atoms with Gasteiger partial charge in [-0.3, -0.25) is 0 Å². The molecule has 140 valence electrons. The lowest BCUT2D eigenvalue weighted by Crippen LogP contribution is -2.41. The number of rotatable bonds is 16. The van der Waals surface area contributed by atoms with Crippen LogP contribution in [-0.2, 0) is 9.47 Å². The van der Waals surface area contributed by atoms with Crippen molar-refractivity contribution in [3.05, 3.63) is 0 Å². The summed E-state index contributed by atoms with van der Waals surface area (Å²) in [4.78, 5) is 0. The largest absolute Gasteiger partial charge is 0.396 e. The van der Waals surface area contributed by atoms with Crippen molar-refractivity contribution in [2.24, 2.45) is 10.8 Å². The van der Waals surface area contributed by atoms with Gasteiger partial charge in [-0.25, -0.2) is 0 Å². The van der Waals surface area contributed by atoms with E-state index < -0.39 is 10.8 Å².